The topological polar surface area (TPSA) is 84.2 Å². The van der Waals surface area contributed by atoms with Gasteiger partial charge in [-0.05, 0) is 61.4 Å². The average molecular weight is 407 g/mol. The minimum atomic E-state index is -0.328. The molecule has 0 saturated heterocycles. The Morgan fingerprint density at radius 2 is 1.83 bits per heavy atom. The SMILES string of the molecule is C=CC(=O)Nc1ccc(CCC(=O)NCc2nc(-c3ccc(F)cc3)oc2C)cc1. The number of nitrogens with one attached hydrogen (secondary N) is 2. The molecular weight excluding hydrogens is 385 g/mol. The van der Waals surface area contributed by atoms with Gasteiger partial charge in [0.2, 0.25) is 17.7 Å². The molecule has 2 aromatic carbocycles. The van der Waals surface area contributed by atoms with Crippen molar-refractivity contribution >= 4 is 17.5 Å². The van der Waals surface area contributed by atoms with Crippen molar-refractivity contribution in [1.82, 2.24) is 10.3 Å². The molecule has 0 aliphatic rings. The van der Waals surface area contributed by atoms with Gasteiger partial charge >= 0.3 is 0 Å². The van der Waals surface area contributed by atoms with Gasteiger partial charge in [0, 0.05) is 17.7 Å². The van der Waals surface area contributed by atoms with E-state index in [1.165, 1.54) is 18.2 Å². The van der Waals surface area contributed by atoms with Crippen LogP contribution in [0, 0.1) is 12.7 Å². The van der Waals surface area contributed by atoms with Crippen molar-refractivity contribution < 1.29 is 18.4 Å². The van der Waals surface area contributed by atoms with Crippen molar-refractivity contribution in [3.63, 3.8) is 0 Å². The number of anilines is 1. The molecule has 3 aromatic rings. The van der Waals surface area contributed by atoms with Crippen LogP contribution in [0.3, 0.4) is 0 Å². The lowest BCUT2D eigenvalue weighted by Gasteiger charge is -2.06. The summed E-state index contributed by atoms with van der Waals surface area (Å²) in [5, 5.41) is 5.51. The largest absolute Gasteiger partial charge is 0.441 e. The summed E-state index contributed by atoms with van der Waals surface area (Å²) in [7, 11) is 0. The smallest absolute Gasteiger partial charge is 0.247 e. The molecule has 0 radical (unpaired) electrons. The first-order valence-corrected chi connectivity index (χ1v) is 9.46. The van der Waals surface area contributed by atoms with Gasteiger partial charge in [-0.15, -0.1) is 0 Å². The number of aryl methyl sites for hydroxylation is 2. The lowest BCUT2D eigenvalue weighted by Crippen LogP contribution is -2.23. The predicted octanol–water partition coefficient (Wildman–Crippen LogP) is 4.16. The number of carbonyl (C=O) groups is 2. The quantitative estimate of drug-likeness (QED) is 0.549. The minimum absolute atomic E-state index is 0.107. The summed E-state index contributed by atoms with van der Waals surface area (Å²) in [6.45, 7) is 5.43. The average Bonchev–Trinajstić information content (AvgIpc) is 3.12. The molecule has 1 heterocycles. The first-order valence-electron chi connectivity index (χ1n) is 9.46. The Labute approximate surface area is 173 Å². The Balaban J connectivity index is 1.49. The number of hydrogen-bond donors (Lipinski definition) is 2. The molecule has 0 aliphatic heterocycles. The predicted molar refractivity (Wildman–Crippen MR) is 112 cm³/mol. The molecule has 0 fully saturated rings. The Bertz CT molecular complexity index is 1040. The van der Waals surface area contributed by atoms with Gasteiger partial charge < -0.3 is 15.1 Å². The fraction of sp³-hybridized carbons (Fsp3) is 0.174. The molecule has 0 spiro atoms. The molecule has 6 nitrogen and oxygen atoms in total. The first-order chi connectivity index (χ1) is 14.4. The molecule has 0 unspecified atom stereocenters. The monoisotopic (exact) mass is 407 g/mol. The van der Waals surface area contributed by atoms with Gasteiger partial charge in [-0.1, -0.05) is 18.7 Å². The summed E-state index contributed by atoms with van der Waals surface area (Å²) >= 11 is 0. The fourth-order valence-corrected chi connectivity index (χ4v) is 2.78. The lowest BCUT2D eigenvalue weighted by molar-refractivity contribution is -0.121. The number of amides is 2. The van der Waals surface area contributed by atoms with Gasteiger partial charge in [-0.25, -0.2) is 9.37 Å². The molecule has 0 aliphatic carbocycles. The summed E-state index contributed by atoms with van der Waals surface area (Å²) in [5.74, 6) is 0.287. The van der Waals surface area contributed by atoms with Crippen LogP contribution in [-0.2, 0) is 22.6 Å². The Hall–Kier alpha value is -3.74. The van der Waals surface area contributed by atoms with E-state index in [-0.39, 0.29) is 24.2 Å². The maximum absolute atomic E-state index is 13.1. The third-order valence-electron chi connectivity index (χ3n) is 4.48. The summed E-state index contributed by atoms with van der Waals surface area (Å²) in [6, 6.07) is 13.2. The third kappa shape index (κ3) is 5.64. The Morgan fingerprint density at radius 3 is 2.50 bits per heavy atom. The number of rotatable bonds is 8. The molecular formula is C23H22FN3O3. The van der Waals surface area contributed by atoms with Gasteiger partial charge in [0.1, 0.15) is 17.3 Å². The number of oxazole rings is 1. The number of carbonyl (C=O) groups excluding carboxylic acids is 2. The van der Waals surface area contributed by atoms with E-state index in [9.17, 15) is 14.0 Å². The van der Waals surface area contributed by atoms with E-state index in [1.807, 2.05) is 12.1 Å². The van der Waals surface area contributed by atoms with Crippen LogP contribution < -0.4 is 10.6 Å². The van der Waals surface area contributed by atoms with Crippen LogP contribution in [0.15, 0.2) is 65.6 Å². The van der Waals surface area contributed by atoms with E-state index in [4.69, 9.17) is 4.42 Å². The fourth-order valence-electron chi connectivity index (χ4n) is 2.78. The number of hydrogen-bond acceptors (Lipinski definition) is 4. The van der Waals surface area contributed by atoms with Crippen molar-refractivity contribution in [2.45, 2.75) is 26.3 Å². The normalized spacial score (nSPS) is 10.5. The molecule has 3 rings (SSSR count). The second-order valence-corrected chi connectivity index (χ2v) is 6.70. The van der Waals surface area contributed by atoms with Gasteiger partial charge in [0.05, 0.1) is 6.54 Å². The molecule has 0 saturated carbocycles. The Kier molecular flexibility index (Phi) is 6.75. The molecule has 154 valence electrons. The van der Waals surface area contributed by atoms with Crippen LogP contribution >= 0.6 is 0 Å². The van der Waals surface area contributed by atoms with E-state index < -0.39 is 0 Å². The molecule has 0 bridgehead atoms. The van der Waals surface area contributed by atoms with Gasteiger partial charge in [0.15, 0.2) is 0 Å². The second kappa shape index (κ2) is 9.65. The highest BCUT2D eigenvalue weighted by Gasteiger charge is 2.12. The molecule has 2 N–H and O–H groups in total. The summed E-state index contributed by atoms with van der Waals surface area (Å²) in [6.07, 6.45) is 2.09. The van der Waals surface area contributed by atoms with Gasteiger partial charge in [0.25, 0.3) is 0 Å². The molecule has 7 heteroatoms. The molecule has 0 atom stereocenters. The third-order valence-corrected chi connectivity index (χ3v) is 4.48. The van der Waals surface area contributed by atoms with Crippen LogP contribution in [0.25, 0.3) is 11.5 Å². The van der Waals surface area contributed by atoms with E-state index >= 15 is 0 Å². The van der Waals surface area contributed by atoms with Crippen LogP contribution in [0.1, 0.15) is 23.4 Å². The second-order valence-electron chi connectivity index (χ2n) is 6.70. The van der Waals surface area contributed by atoms with Crippen molar-refractivity contribution in [3.8, 4) is 11.5 Å². The number of benzene rings is 2. The standard InChI is InChI=1S/C23H22FN3O3/c1-3-21(28)26-19-11-4-16(5-12-19)6-13-22(29)25-14-20-15(2)30-23(27-20)17-7-9-18(24)10-8-17/h3-5,7-12H,1,6,13-14H2,2H3,(H,25,29)(H,26,28). The van der Waals surface area contributed by atoms with Crippen molar-refractivity contribution in [2.24, 2.45) is 0 Å². The first kappa shape index (κ1) is 21.0. The highest BCUT2D eigenvalue weighted by Crippen LogP contribution is 2.22. The maximum atomic E-state index is 13.1. The molecule has 2 amide bonds. The molecule has 1 aromatic heterocycles. The molecule has 30 heavy (non-hydrogen) atoms. The summed E-state index contributed by atoms with van der Waals surface area (Å²) in [4.78, 5) is 27.9. The number of nitrogens with zero attached hydrogens (tertiary/aromatic N) is 1. The van der Waals surface area contributed by atoms with Gasteiger partial charge in [-0.2, -0.15) is 0 Å². The minimum Gasteiger partial charge on any atom is -0.441 e. The van der Waals surface area contributed by atoms with Crippen molar-refractivity contribution in [3.05, 3.63) is 84.0 Å². The van der Waals surface area contributed by atoms with E-state index in [0.29, 0.717) is 41.4 Å². The zero-order valence-corrected chi connectivity index (χ0v) is 16.6. The van der Waals surface area contributed by atoms with Gasteiger partial charge in [-0.3, -0.25) is 9.59 Å². The van der Waals surface area contributed by atoms with Crippen LogP contribution in [0.5, 0.6) is 0 Å². The van der Waals surface area contributed by atoms with E-state index in [0.717, 1.165) is 5.56 Å². The summed E-state index contributed by atoms with van der Waals surface area (Å²) in [5.41, 5.74) is 2.96. The van der Waals surface area contributed by atoms with Crippen LogP contribution in [0.4, 0.5) is 10.1 Å². The maximum Gasteiger partial charge on any atom is 0.247 e. The van der Waals surface area contributed by atoms with Crippen LogP contribution in [-0.4, -0.2) is 16.8 Å². The zero-order valence-electron chi connectivity index (χ0n) is 16.6. The van der Waals surface area contributed by atoms with Crippen molar-refractivity contribution in [2.75, 3.05) is 5.32 Å². The number of aromatic nitrogens is 1. The highest BCUT2D eigenvalue weighted by atomic mass is 19.1. The van der Waals surface area contributed by atoms with E-state index in [1.54, 1.807) is 31.2 Å². The Morgan fingerprint density at radius 1 is 1.13 bits per heavy atom. The number of halogens is 1. The van der Waals surface area contributed by atoms with E-state index in [2.05, 4.69) is 22.2 Å². The van der Waals surface area contributed by atoms with Crippen LogP contribution in [0.2, 0.25) is 0 Å². The van der Waals surface area contributed by atoms with Crippen molar-refractivity contribution in [1.29, 1.82) is 0 Å². The summed E-state index contributed by atoms with van der Waals surface area (Å²) < 4.78 is 18.7. The zero-order chi connectivity index (χ0) is 21.5. The highest BCUT2D eigenvalue weighted by molar-refractivity contribution is 5.98. The lowest BCUT2D eigenvalue weighted by atomic mass is 10.1.